The average molecular weight is 334 g/mol. The van der Waals surface area contributed by atoms with Crippen molar-refractivity contribution in [2.24, 2.45) is 5.92 Å². The van der Waals surface area contributed by atoms with E-state index in [1.807, 2.05) is 7.05 Å². The Bertz CT molecular complexity index is 530. The van der Waals surface area contributed by atoms with Crippen LogP contribution in [-0.2, 0) is 22.6 Å². The van der Waals surface area contributed by atoms with Crippen LogP contribution < -0.4 is 0 Å². The number of carbonyl (C=O) groups is 1. The lowest BCUT2D eigenvalue weighted by atomic mass is 9.84. The first kappa shape index (κ1) is 18.9. The monoisotopic (exact) mass is 334 g/mol. The van der Waals surface area contributed by atoms with Crippen LogP contribution in [0.15, 0.2) is 24.3 Å². The average Bonchev–Trinajstić information content (AvgIpc) is 2.56. The molecule has 0 heterocycles. The van der Waals surface area contributed by atoms with Gasteiger partial charge in [-0.15, -0.1) is 0 Å². The summed E-state index contributed by atoms with van der Waals surface area (Å²) in [6.45, 7) is 1.52. The molecular formula is C19H30N2O3. The largest absolute Gasteiger partial charge is 0.390 e. The number of aliphatic hydroxyl groups is 1. The number of benzene rings is 1. The molecule has 24 heavy (non-hydrogen) atoms. The fraction of sp³-hybridized carbons (Fsp3) is 0.632. The molecular weight excluding hydrogens is 304 g/mol. The van der Waals surface area contributed by atoms with Crippen LogP contribution >= 0.6 is 0 Å². The molecule has 2 rings (SSSR count). The van der Waals surface area contributed by atoms with E-state index in [9.17, 15) is 9.90 Å². The Morgan fingerprint density at radius 3 is 2.25 bits per heavy atom. The fourth-order valence-corrected chi connectivity index (χ4v) is 3.37. The van der Waals surface area contributed by atoms with Crippen molar-refractivity contribution >= 4 is 5.91 Å². The maximum atomic E-state index is 12.7. The van der Waals surface area contributed by atoms with Crippen LogP contribution in [0.3, 0.4) is 0 Å². The second-order valence-electron chi connectivity index (χ2n) is 7.10. The standard InChI is InChI=1S/C19H30N2O3/c1-20(2)12-14-5-7-15(8-6-14)13-21(3)19(23)16-9-10-17(22)18(11-16)24-4/h5-8,16-18,22H,9-13H2,1-4H3. The third-order valence-electron chi connectivity index (χ3n) is 4.73. The quantitative estimate of drug-likeness (QED) is 0.863. The molecule has 3 atom stereocenters. The zero-order valence-electron chi connectivity index (χ0n) is 15.2. The Labute approximate surface area is 145 Å². The van der Waals surface area contributed by atoms with Gasteiger partial charge in [0.25, 0.3) is 0 Å². The lowest BCUT2D eigenvalue weighted by Gasteiger charge is -2.33. The molecule has 0 aliphatic heterocycles. The van der Waals surface area contributed by atoms with Crippen molar-refractivity contribution in [3.63, 3.8) is 0 Å². The molecule has 0 saturated heterocycles. The first-order valence-electron chi connectivity index (χ1n) is 8.59. The highest BCUT2D eigenvalue weighted by molar-refractivity contribution is 5.78. The van der Waals surface area contributed by atoms with Crippen LogP contribution in [0.2, 0.25) is 0 Å². The Hall–Kier alpha value is -1.43. The number of methoxy groups -OCH3 is 1. The van der Waals surface area contributed by atoms with Gasteiger partial charge in [0.05, 0.1) is 12.2 Å². The van der Waals surface area contributed by atoms with Gasteiger partial charge in [0.15, 0.2) is 0 Å². The van der Waals surface area contributed by atoms with E-state index < -0.39 is 6.10 Å². The van der Waals surface area contributed by atoms with Crippen molar-refractivity contribution in [1.29, 1.82) is 0 Å². The van der Waals surface area contributed by atoms with Crippen molar-refractivity contribution in [1.82, 2.24) is 9.80 Å². The first-order valence-corrected chi connectivity index (χ1v) is 8.59. The van der Waals surface area contributed by atoms with E-state index in [0.29, 0.717) is 19.4 Å². The molecule has 0 radical (unpaired) electrons. The molecule has 1 fully saturated rings. The lowest BCUT2D eigenvalue weighted by molar-refractivity contribution is -0.140. The molecule has 1 aromatic rings. The number of amides is 1. The molecule has 5 heteroatoms. The number of ether oxygens (including phenoxy) is 1. The summed E-state index contributed by atoms with van der Waals surface area (Å²) in [5, 5.41) is 9.88. The van der Waals surface area contributed by atoms with E-state index in [1.165, 1.54) is 5.56 Å². The third kappa shape index (κ3) is 5.03. The Kier molecular flexibility index (Phi) is 6.78. The Morgan fingerprint density at radius 2 is 1.71 bits per heavy atom. The number of hydrogen-bond donors (Lipinski definition) is 1. The van der Waals surface area contributed by atoms with E-state index in [2.05, 4.69) is 43.3 Å². The van der Waals surface area contributed by atoms with Gasteiger partial charge in [-0.2, -0.15) is 0 Å². The maximum Gasteiger partial charge on any atom is 0.225 e. The van der Waals surface area contributed by atoms with Gasteiger partial charge in [-0.1, -0.05) is 24.3 Å². The number of rotatable bonds is 6. The van der Waals surface area contributed by atoms with E-state index in [0.717, 1.165) is 18.5 Å². The van der Waals surface area contributed by atoms with Gasteiger partial charge in [0.1, 0.15) is 0 Å². The third-order valence-corrected chi connectivity index (χ3v) is 4.73. The van der Waals surface area contributed by atoms with Crippen molar-refractivity contribution in [2.45, 2.75) is 44.6 Å². The molecule has 134 valence electrons. The normalized spacial score (nSPS) is 24.2. The van der Waals surface area contributed by atoms with Gasteiger partial charge in [0, 0.05) is 33.2 Å². The van der Waals surface area contributed by atoms with Gasteiger partial charge >= 0.3 is 0 Å². The number of nitrogens with zero attached hydrogens (tertiary/aromatic N) is 2. The van der Waals surface area contributed by atoms with Crippen LogP contribution in [0.5, 0.6) is 0 Å². The first-order chi connectivity index (χ1) is 11.4. The molecule has 0 aromatic heterocycles. The van der Waals surface area contributed by atoms with Crippen LogP contribution in [-0.4, -0.2) is 61.3 Å². The second kappa shape index (κ2) is 8.60. The lowest BCUT2D eigenvalue weighted by Crippen LogP contribution is -2.41. The van der Waals surface area contributed by atoms with Crippen LogP contribution in [0, 0.1) is 5.92 Å². The topological polar surface area (TPSA) is 53.0 Å². The molecule has 1 aliphatic rings. The minimum atomic E-state index is -0.450. The van der Waals surface area contributed by atoms with Crippen molar-refractivity contribution < 1.29 is 14.6 Å². The minimum absolute atomic E-state index is 0.0589. The fourth-order valence-electron chi connectivity index (χ4n) is 3.37. The molecule has 0 bridgehead atoms. The Balaban J connectivity index is 1.91. The molecule has 3 unspecified atom stereocenters. The van der Waals surface area contributed by atoms with Crippen LogP contribution in [0.4, 0.5) is 0 Å². The van der Waals surface area contributed by atoms with Gasteiger partial charge in [-0.3, -0.25) is 4.79 Å². The number of hydrogen-bond acceptors (Lipinski definition) is 4. The summed E-state index contributed by atoms with van der Waals surface area (Å²) in [5.41, 5.74) is 2.40. The van der Waals surface area contributed by atoms with Crippen molar-refractivity contribution in [3.05, 3.63) is 35.4 Å². The summed E-state index contributed by atoms with van der Waals surface area (Å²) in [6, 6.07) is 8.41. The molecule has 1 saturated carbocycles. The number of carbonyl (C=O) groups excluding carboxylic acids is 1. The SMILES string of the molecule is COC1CC(C(=O)N(C)Cc2ccc(CN(C)C)cc2)CCC1O. The molecule has 1 N–H and O–H groups in total. The zero-order valence-corrected chi connectivity index (χ0v) is 15.2. The van der Waals surface area contributed by atoms with Crippen molar-refractivity contribution in [2.75, 3.05) is 28.3 Å². The molecule has 1 aromatic carbocycles. The van der Waals surface area contributed by atoms with Gasteiger partial charge in [-0.05, 0) is 44.5 Å². The molecule has 0 spiro atoms. The highest BCUT2D eigenvalue weighted by Gasteiger charge is 2.34. The van der Waals surface area contributed by atoms with E-state index in [4.69, 9.17) is 4.74 Å². The summed E-state index contributed by atoms with van der Waals surface area (Å²) in [7, 11) is 7.55. The maximum absolute atomic E-state index is 12.7. The molecule has 1 amide bonds. The minimum Gasteiger partial charge on any atom is -0.390 e. The predicted molar refractivity (Wildman–Crippen MR) is 94.5 cm³/mol. The molecule has 5 nitrogen and oxygen atoms in total. The zero-order chi connectivity index (χ0) is 17.7. The van der Waals surface area contributed by atoms with E-state index in [1.54, 1.807) is 12.0 Å². The summed E-state index contributed by atoms with van der Waals surface area (Å²) >= 11 is 0. The van der Waals surface area contributed by atoms with Crippen molar-refractivity contribution in [3.8, 4) is 0 Å². The van der Waals surface area contributed by atoms with Gasteiger partial charge in [-0.25, -0.2) is 0 Å². The summed E-state index contributed by atoms with van der Waals surface area (Å²) in [6.07, 6.45) is 1.27. The summed E-state index contributed by atoms with van der Waals surface area (Å²) < 4.78 is 5.30. The highest BCUT2D eigenvalue weighted by Crippen LogP contribution is 2.28. The van der Waals surface area contributed by atoms with Crippen LogP contribution in [0.25, 0.3) is 0 Å². The second-order valence-corrected chi connectivity index (χ2v) is 7.10. The smallest absolute Gasteiger partial charge is 0.225 e. The van der Waals surface area contributed by atoms with E-state index >= 15 is 0 Å². The summed E-state index contributed by atoms with van der Waals surface area (Å²) in [5.74, 6) is 0.0812. The van der Waals surface area contributed by atoms with Gasteiger partial charge in [0.2, 0.25) is 5.91 Å². The predicted octanol–water partition coefficient (Wildman–Crippen LogP) is 1.88. The molecule has 1 aliphatic carbocycles. The Morgan fingerprint density at radius 1 is 1.12 bits per heavy atom. The number of aliphatic hydroxyl groups excluding tert-OH is 1. The summed E-state index contributed by atoms with van der Waals surface area (Å²) in [4.78, 5) is 16.6. The van der Waals surface area contributed by atoms with E-state index in [-0.39, 0.29) is 17.9 Å². The van der Waals surface area contributed by atoms with Crippen LogP contribution in [0.1, 0.15) is 30.4 Å². The van der Waals surface area contributed by atoms with Gasteiger partial charge < -0.3 is 19.6 Å². The highest BCUT2D eigenvalue weighted by atomic mass is 16.5.